The van der Waals surface area contributed by atoms with E-state index in [2.05, 4.69) is 0 Å². The number of nitrogens with zero attached hydrogens (tertiary/aromatic N) is 1. The van der Waals surface area contributed by atoms with Crippen molar-refractivity contribution < 1.29 is 18.3 Å². The van der Waals surface area contributed by atoms with Crippen LogP contribution in [0, 0.1) is 0 Å². The van der Waals surface area contributed by atoms with Gasteiger partial charge in [-0.15, -0.1) is 11.3 Å². The summed E-state index contributed by atoms with van der Waals surface area (Å²) >= 11 is 1.19. The van der Waals surface area contributed by atoms with E-state index >= 15 is 0 Å². The molecule has 0 aromatic carbocycles. The second-order valence-electron chi connectivity index (χ2n) is 4.27. The second kappa shape index (κ2) is 5.07. The fraction of sp³-hybridized carbons (Fsp3) is 0.417. The van der Waals surface area contributed by atoms with Crippen molar-refractivity contribution in [2.24, 2.45) is 0 Å². The maximum absolute atomic E-state index is 12.4. The third kappa shape index (κ3) is 2.33. The first kappa shape index (κ1) is 14.2. The van der Waals surface area contributed by atoms with Gasteiger partial charge >= 0.3 is 5.97 Å². The van der Waals surface area contributed by atoms with Crippen LogP contribution in [0.15, 0.2) is 16.4 Å². The summed E-state index contributed by atoms with van der Waals surface area (Å²) in [6.07, 6.45) is 3.94. The topological polar surface area (TPSA) is 74.7 Å². The molecule has 0 radical (unpaired) electrons. The summed E-state index contributed by atoms with van der Waals surface area (Å²) in [5.74, 6) is -1.10. The Morgan fingerprint density at radius 1 is 1.63 bits per heavy atom. The van der Waals surface area contributed by atoms with Gasteiger partial charge in [-0.1, -0.05) is 13.0 Å². The number of thiophene rings is 1. The SMILES string of the molecule is C/C=C/c1cc2c(s1)S(=O)(=O)N(C(CC)C(=O)O)C2. The van der Waals surface area contributed by atoms with Crippen LogP contribution in [0.3, 0.4) is 0 Å². The number of aliphatic carboxylic acids is 1. The lowest BCUT2D eigenvalue weighted by molar-refractivity contribution is -0.141. The van der Waals surface area contributed by atoms with E-state index in [0.29, 0.717) is 5.56 Å². The molecule has 0 amide bonds. The summed E-state index contributed by atoms with van der Waals surface area (Å²) in [6, 6.07) is 0.821. The van der Waals surface area contributed by atoms with E-state index in [-0.39, 0.29) is 17.2 Å². The molecule has 1 aliphatic heterocycles. The predicted octanol–water partition coefficient (Wildman–Crippen LogP) is 2.15. The fourth-order valence-electron chi connectivity index (χ4n) is 2.15. The monoisotopic (exact) mass is 301 g/mol. The molecule has 0 spiro atoms. The zero-order valence-corrected chi connectivity index (χ0v) is 12.3. The second-order valence-corrected chi connectivity index (χ2v) is 7.44. The van der Waals surface area contributed by atoms with Crippen molar-refractivity contribution in [2.75, 3.05) is 0 Å². The van der Waals surface area contributed by atoms with Gasteiger partial charge in [0.05, 0.1) is 0 Å². The molecule has 7 heteroatoms. The molecule has 5 nitrogen and oxygen atoms in total. The zero-order valence-electron chi connectivity index (χ0n) is 10.7. The van der Waals surface area contributed by atoms with Crippen molar-refractivity contribution in [1.82, 2.24) is 4.31 Å². The fourth-order valence-corrected chi connectivity index (χ4v) is 5.57. The van der Waals surface area contributed by atoms with Crippen LogP contribution in [-0.4, -0.2) is 29.8 Å². The summed E-state index contributed by atoms with van der Waals surface area (Å²) < 4.78 is 26.1. The van der Waals surface area contributed by atoms with Crippen LogP contribution in [0.1, 0.15) is 30.7 Å². The molecule has 2 heterocycles. The Labute approximate surface area is 116 Å². The van der Waals surface area contributed by atoms with E-state index in [0.717, 1.165) is 9.18 Å². The summed E-state index contributed by atoms with van der Waals surface area (Å²) in [5.41, 5.74) is 0.692. The van der Waals surface area contributed by atoms with Gasteiger partial charge in [0.2, 0.25) is 0 Å². The zero-order chi connectivity index (χ0) is 14.2. The van der Waals surface area contributed by atoms with E-state index in [1.165, 1.54) is 11.3 Å². The van der Waals surface area contributed by atoms with E-state index in [1.807, 2.05) is 25.1 Å². The van der Waals surface area contributed by atoms with Gasteiger partial charge in [-0.3, -0.25) is 4.79 Å². The van der Waals surface area contributed by atoms with Gasteiger partial charge in [0.25, 0.3) is 10.0 Å². The van der Waals surface area contributed by atoms with E-state index in [4.69, 9.17) is 5.11 Å². The predicted molar refractivity (Wildman–Crippen MR) is 73.5 cm³/mol. The van der Waals surface area contributed by atoms with Gasteiger partial charge in [-0.2, -0.15) is 4.31 Å². The Balaban J connectivity index is 2.41. The van der Waals surface area contributed by atoms with Gasteiger partial charge in [0, 0.05) is 11.4 Å². The highest BCUT2D eigenvalue weighted by Gasteiger charge is 2.42. The summed E-state index contributed by atoms with van der Waals surface area (Å²) in [7, 11) is -3.66. The van der Waals surface area contributed by atoms with Gasteiger partial charge in [-0.25, -0.2) is 8.42 Å². The molecule has 1 unspecified atom stereocenters. The Morgan fingerprint density at radius 2 is 2.32 bits per heavy atom. The van der Waals surface area contributed by atoms with Crippen LogP contribution in [0.25, 0.3) is 6.08 Å². The average molecular weight is 301 g/mol. The molecule has 1 aromatic heterocycles. The molecule has 1 aromatic rings. The molecule has 0 saturated heterocycles. The van der Waals surface area contributed by atoms with Crippen LogP contribution < -0.4 is 0 Å². The van der Waals surface area contributed by atoms with Crippen LogP contribution >= 0.6 is 11.3 Å². The highest BCUT2D eigenvalue weighted by Crippen LogP contribution is 2.39. The summed E-state index contributed by atoms with van der Waals surface area (Å²) in [6.45, 7) is 3.69. The first-order chi connectivity index (χ1) is 8.91. The number of sulfonamides is 1. The smallest absolute Gasteiger partial charge is 0.322 e. The van der Waals surface area contributed by atoms with E-state index in [9.17, 15) is 13.2 Å². The number of carbonyl (C=O) groups is 1. The Bertz CT molecular complexity index is 630. The van der Waals surface area contributed by atoms with Crippen LogP contribution in [0.2, 0.25) is 0 Å². The van der Waals surface area contributed by atoms with Gasteiger partial charge in [0.1, 0.15) is 10.3 Å². The first-order valence-corrected chi connectivity index (χ1v) is 8.17. The lowest BCUT2D eigenvalue weighted by Gasteiger charge is -2.21. The maximum atomic E-state index is 12.4. The minimum absolute atomic E-state index is 0.149. The van der Waals surface area contributed by atoms with Gasteiger partial charge < -0.3 is 5.11 Å². The van der Waals surface area contributed by atoms with E-state index < -0.39 is 22.0 Å². The molecular weight excluding hydrogens is 286 g/mol. The Morgan fingerprint density at radius 3 is 2.79 bits per heavy atom. The third-order valence-electron chi connectivity index (χ3n) is 3.01. The first-order valence-electron chi connectivity index (χ1n) is 5.91. The summed E-state index contributed by atoms with van der Waals surface area (Å²) in [5, 5.41) is 9.11. The van der Waals surface area contributed by atoms with Crippen molar-refractivity contribution >= 4 is 33.4 Å². The molecule has 0 bridgehead atoms. The van der Waals surface area contributed by atoms with Crippen LogP contribution in [0.5, 0.6) is 0 Å². The summed E-state index contributed by atoms with van der Waals surface area (Å²) in [4.78, 5) is 12.0. The van der Waals surface area contributed by atoms with Crippen molar-refractivity contribution in [1.29, 1.82) is 0 Å². The number of allylic oxidation sites excluding steroid dienone is 1. The lowest BCUT2D eigenvalue weighted by atomic mass is 10.2. The van der Waals surface area contributed by atoms with Crippen molar-refractivity contribution in [3.05, 3.63) is 22.6 Å². The maximum Gasteiger partial charge on any atom is 0.322 e. The highest BCUT2D eigenvalue weighted by molar-refractivity contribution is 7.91. The van der Waals surface area contributed by atoms with Crippen molar-refractivity contribution in [3.8, 4) is 0 Å². The Kier molecular flexibility index (Phi) is 3.80. The quantitative estimate of drug-likeness (QED) is 0.924. The standard InChI is InChI=1S/C12H15NO4S2/c1-3-5-9-6-8-7-13(10(4-2)11(14)15)19(16,17)12(8)18-9/h3,5-6,10H,4,7H2,1-2H3,(H,14,15)/b5-3+. The third-order valence-corrected chi connectivity index (χ3v) is 6.56. The number of fused-ring (bicyclic) bond motifs is 1. The highest BCUT2D eigenvalue weighted by atomic mass is 32.2. The molecular formula is C12H15NO4S2. The molecule has 0 aliphatic carbocycles. The molecule has 2 rings (SSSR count). The van der Waals surface area contributed by atoms with Crippen molar-refractivity contribution in [2.45, 2.75) is 37.1 Å². The normalized spacial score (nSPS) is 19.7. The largest absolute Gasteiger partial charge is 0.480 e. The minimum Gasteiger partial charge on any atom is -0.480 e. The molecule has 1 atom stereocenters. The van der Waals surface area contributed by atoms with Crippen molar-refractivity contribution in [3.63, 3.8) is 0 Å². The number of carboxylic acid groups (broad SMARTS) is 1. The molecule has 0 saturated carbocycles. The van der Waals surface area contributed by atoms with Gasteiger partial charge in [-0.05, 0) is 31.1 Å². The van der Waals surface area contributed by atoms with Crippen LogP contribution in [-0.2, 0) is 21.4 Å². The molecule has 1 N–H and O–H groups in total. The number of rotatable bonds is 4. The lowest BCUT2D eigenvalue weighted by Crippen LogP contribution is -2.40. The number of carboxylic acids is 1. The van der Waals surface area contributed by atoms with Gasteiger partial charge in [0.15, 0.2) is 0 Å². The van der Waals surface area contributed by atoms with E-state index in [1.54, 1.807) is 6.92 Å². The van der Waals surface area contributed by atoms with Crippen LogP contribution in [0.4, 0.5) is 0 Å². The molecule has 104 valence electrons. The number of hydrogen-bond acceptors (Lipinski definition) is 4. The number of hydrogen-bond donors (Lipinski definition) is 1. The molecule has 1 aliphatic rings. The minimum atomic E-state index is -3.66. The Hall–Kier alpha value is -1.18. The molecule has 0 fully saturated rings. The molecule has 19 heavy (non-hydrogen) atoms. The average Bonchev–Trinajstić information content (AvgIpc) is 2.81.